The van der Waals surface area contributed by atoms with E-state index in [4.69, 9.17) is 9.97 Å². The Bertz CT molecular complexity index is 3690. The number of hydrogen-bond acceptors (Lipinski definition) is 2. The molecule has 12 aromatic rings. The molecule has 0 aliphatic heterocycles. The Kier molecular flexibility index (Phi) is 9.20. The second-order valence-electron chi connectivity index (χ2n) is 16.5. The lowest BCUT2D eigenvalue weighted by Crippen LogP contribution is -1.97. The van der Waals surface area contributed by atoms with Crippen molar-refractivity contribution in [3.8, 4) is 78.4 Å². The van der Waals surface area contributed by atoms with E-state index in [0.717, 1.165) is 44.6 Å². The largest absolute Gasteiger partial charge is 0.228 e. The molecule has 11 aromatic carbocycles. The van der Waals surface area contributed by atoms with Crippen LogP contribution >= 0.6 is 0 Å². The van der Waals surface area contributed by atoms with Gasteiger partial charge in [-0.2, -0.15) is 0 Å². The molecule has 2 nitrogen and oxygen atoms in total. The standard InChI is InChI=1S/C62H40N2/c1-3-15-43(16-4-1)49-21-11-14-26-55(49)59-40-60(64-62(63-59)47-18-5-2-6-19-47)56-38-37-51(53-24-12-13-25-54(53)56)45-31-27-41(28-32-45)42-29-33-46(34-30-42)61-52-23-10-8-20-48(52)39-58-50-22-9-7-17-44(50)35-36-57(58)61/h1-40H. The molecule has 0 aliphatic carbocycles. The maximum Gasteiger partial charge on any atom is 0.160 e. The van der Waals surface area contributed by atoms with Crippen LogP contribution in [0.15, 0.2) is 243 Å². The fourth-order valence-electron chi connectivity index (χ4n) is 9.59. The smallest absolute Gasteiger partial charge is 0.160 e. The highest BCUT2D eigenvalue weighted by Gasteiger charge is 2.18. The zero-order valence-corrected chi connectivity index (χ0v) is 35.0. The summed E-state index contributed by atoms with van der Waals surface area (Å²) in [5.74, 6) is 0.701. The molecule has 0 bridgehead atoms. The van der Waals surface area contributed by atoms with E-state index in [1.54, 1.807) is 0 Å². The average molecular weight is 813 g/mol. The minimum atomic E-state index is 0.701. The highest BCUT2D eigenvalue weighted by molar-refractivity contribution is 6.20. The molecule has 0 amide bonds. The van der Waals surface area contributed by atoms with E-state index in [2.05, 4.69) is 224 Å². The Balaban J connectivity index is 0.911. The first-order valence-corrected chi connectivity index (χ1v) is 21.9. The Morgan fingerprint density at radius 2 is 0.703 bits per heavy atom. The van der Waals surface area contributed by atoms with Crippen LogP contribution in [0.1, 0.15) is 0 Å². The Hall–Kier alpha value is -8.46. The molecule has 1 aromatic heterocycles. The van der Waals surface area contributed by atoms with Crippen molar-refractivity contribution in [3.63, 3.8) is 0 Å². The summed E-state index contributed by atoms with van der Waals surface area (Å²) >= 11 is 0. The van der Waals surface area contributed by atoms with Crippen molar-refractivity contribution in [2.24, 2.45) is 0 Å². The summed E-state index contributed by atoms with van der Waals surface area (Å²) in [4.78, 5) is 10.5. The number of rotatable bonds is 7. The molecule has 64 heavy (non-hydrogen) atoms. The molecule has 1 heterocycles. The van der Waals surface area contributed by atoms with Crippen molar-refractivity contribution < 1.29 is 0 Å². The van der Waals surface area contributed by atoms with Gasteiger partial charge in [0.25, 0.3) is 0 Å². The van der Waals surface area contributed by atoms with Gasteiger partial charge in [-0.3, -0.25) is 0 Å². The predicted octanol–water partition coefficient (Wildman–Crippen LogP) is 16.8. The van der Waals surface area contributed by atoms with Crippen LogP contribution < -0.4 is 0 Å². The van der Waals surface area contributed by atoms with Crippen LogP contribution in [0, 0.1) is 0 Å². The normalized spacial score (nSPS) is 11.4. The van der Waals surface area contributed by atoms with Crippen molar-refractivity contribution in [1.82, 2.24) is 9.97 Å². The zero-order valence-electron chi connectivity index (χ0n) is 35.0. The van der Waals surface area contributed by atoms with E-state index >= 15 is 0 Å². The van der Waals surface area contributed by atoms with Crippen LogP contribution in [0.3, 0.4) is 0 Å². The van der Waals surface area contributed by atoms with Gasteiger partial charge in [0.1, 0.15) is 0 Å². The molecule has 2 heteroatoms. The van der Waals surface area contributed by atoms with Crippen molar-refractivity contribution >= 4 is 43.1 Å². The SMILES string of the molecule is c1ccc(-c2nc(-c3ccccc3-c3ccccc3)cc(-c3ccc(-c4ccc(-c5ccc(-c6c7ccccc7cc7c6ccc6ccccc67)cc5)cc4)c4ccccc34)n2)cc1. The third-order valence-electron chi connectivity index (χ3n) is 12.7. The first-order valence-electron chi connectivity index (χ1n) is 21.9. The highest BCUT2D eigenvalue weighted by Crippen LogP contribution is 2.42. The van der Waals surface area contributed by atoms with E-state index < -0.39 is 0 Å². The van der Waals surface area contributed by atoms with Crippen LogP contribution in [0.2, 0.25) is 0 Å². The van der Waals surface area contributed by atoms with Crippen molar-refractivity contribution in [2.75, 3.05) is 0 Å². The predicted molar refractivity (Wildman–Crippen MR) is 270 cm³/mol. The lowest BCUT2D eigenvalue weighted by atomic mass is 9.89. The quantitative estimate of drug-likeness (QED) is 0.118. The summed E-state index contributed by atoms with van der Waals surface area (Å²) in [5.41, 5.74) is 14.4. The van der Waals surface area contributed by atoms with Gasteiger partial charge < -0.3 is 0 Å². The first kappa shape index (κ1) is 37.3. The molecule has 0 saturated heterocycles. The van der Waals surface area contributed by atoms with Gasteiger partial charge >= 0.3 is 0 Å². The van der Waals surface area contributed by atoms with Crippen LogP contribution in [0.25, 0.3) is 122 Å². The van der Waals surface area contributed by atoms with Crippen molar-refractivity contribution in [1.29, 1.82) is 0 Å². The summed E-state index contributed by atoms with van der Waals surface area (Å²) in [6.45, 7) is 0. The Morgan fingerprint density at radius 3 is 1.41 bits per heavy atom. The van der Waals surface area contributed by atoms with Gasteiger partial charge in [-0.25, -0.2) is 9.97 Å². The molecule has 298 valence electrons. The summed E-state index contributed by atoms with van der Waals surface area (Å²) in [7, 11) is 0. The summed E-state index contributed by atoms with van der Waals surface area (Å²) in [6.07, 6.45) is 0. The first-order chi connectivity index (χ1) is 31.7. The van der Waals surface area contributed by atoms with Gasteiger partial charge in [-0.05, 0) is 99.7 Å². The maximum atomic E-state index is 5.26. The highest BCUT2D eigenvalue weighted by atomic mass is 14.9. The van der Waals surface area contributed by atoms with Gasteiger partial charge in [0.05, 0.1) is 11.4 Å². The zero-order chi connectivity index (χ0) is 42.4. The lowest BCUT2D eigenvalue weighted by molar-refractivity contribution is 1.19. The van der Waals surface area contributed by atoms with Crippen molar-refractivity contribution in [2.45, 2.75) is 0 Å². The third-order valence-corrected chi connectivity index (χ3v) is 12.7. The number of benzene rings is 11. The fraction of sp³-hybridized carbons (Fsp3) is 0. The van der Waals surface area contributed by atoms with Gasteiger partial charge in [0.2, 0.25) is 0 Å². The Labute approximate surface area is 372 Å². The monoisotopic (exact) mass is 812 g/mol. The van der Waals surface area contributed by atoms with E-state index in [1.165, 1.54) is 71.1 Å². The molecule has 0 unspecified atom stereocenters. The number of nitrogens with zero attached hydrogens (tertiary/aromatic N) is 2. The molecule has 0 spiro atoms. The second-order valence-corrected chi connectivity index (χ2v) is 16.5. The number of aromatic nitrogens is 2. The van der Waals surface area contributed by atoms with E-state index in [1.807, 2.05) is 18.2 Å². The van der Waals surface area contributed by atoms with Gasteiger partial charge in [0.15, 0.2) is 5.82 Å². The summed E-state index contributed by atoms with van der Waals surface area (Å²) < 4.78 is 0. The second kappa shape index (κ2) is 15.8. The molecule has 0 aliphatic rings. The minimum absolute atomic E-state index is 0.701. The fourth-order valence-corrected chi connectivity index (χ4v) is 9.59. The van der Waals surface area contributed by atoms with E-state index in [-0.39, 0.29) is 0 Å². The van der Waals surface area contributed by atoms with Crippen LogP contribution in [-0.2, 0) is 0 Å². The maximum absolute atomic E-state index is 5.26. The van der Waals surface area contributed by atoms with Crippen LogP contribution in [0.5, 0.6) is 0 Å². The van der Waals surface area contributed by atoms with E-state index in [0.29, 0.717) is 5.82 Å². The number of hydrogen-bond donors (Lipinski definition) is 0. The van der Waals surface area contributed by atoms with Crippen LogP contribution in [-0.4, -0.2) is 9.97 Å². The number of fused-ring (bicyclic) bond motifs is 5. The van der Waals surface area contributed by atoms with Crippen LogP contribution in [0.4, 0.5) is 0 Å². The Morgan fingerprint density at radius 1 is 0.219 bits per heavy atom. The summed E-state index contributed by atoms with van der Waals surface area (Å²) in [6, 6.07) is 87.1. The lowest BCUT2D eigenvalue weighted by Gasteiger charge is -2.15. The molecule has 0 fully saturated rings. The molecule has 12 rings (SSSR count). The third kappa shape index (κ3) is 6.61. The molecule has 0 N–H and O–H groups in total. The molecule has 0 saturated carbocycles. The van der Waals surface area contributed by atoms with Crippen molar-refractivity contribution in [3.05, 3.63) is 243 Å². The molecule has 0 atom stereocenters. The minimum Gasteiger partial charge on any atom is -0.228 e. The van der Waals surface area contributed by atoms with Gasteiger partial charge in [0, 0.05) is 16.7 Å². The topological polar surface area (TPSA) is 25.8 Å². The van der Waals surface area contributed by atoms with Gasteiger partial charge in [-0.15, -0.1) is 0 Å². The van der Waals surface area contributed by atoms with Gasteiger partial charge in [-0.1, -0.05) is 231 Å². The van der Waals surface area contributed by atoms with E-state index in [9.17, 15) is 0 Å². The molecule has 0 radical (unpaired) electrons. The molecular weight excluding hydrogens is 773 g/mol. The average Bonchev–Trinajstić information content (AvgIpc) is 3.38. The molecular formula is C62H40N2. The summed E-state index contributed by atoms with van der Waals surface area (Å²) in [5, 5.41) is 9.96.